The summed E-state index contributed by atoms with van der Waals surface area (Å²) in [4.78, 5) is 8.72. The molecule has 0 aliphatic rings. The van der Waals surface area contributed by atoms with Crippen LogP contribution < -0.4 is 4.74 Å². The Balaban J connectivity index is 0.00000241. The Bertz CT molecular complexity index is 1600. The zero-order valence-corrected chi connectivity index (χ0v) is 19.6. The van der Waals surface area contributed by atoms with E-state index in [1.54, 1.807) is 18.5 Å². The number of hydrogen-bond donors (Lipinski definition) is 0. The number of hydrogen-bond acceptors (Lipinski definition) is 3. The molecule has 0 atom stereocenters. The van der Waals surface area contributed by atoms with Crippen LogP contribution in [0.2, 0.25) is 0 Å². The van der Waals surface area contributed by atoms with Gasteiger partial charge in [-0.15, -0.1) is 18.2 Å². The Morgan fingerprint density at radius 2 is 1.61 bits per heavy atom. The number of aromatic nitrogens is 3. The van der Waals surface area contributed by atoms with Gasteiger partial charge in [-0.1, -0.05) is 35.7 Å². The Hall–Kier alpha value is -3.75. The summed E-state index contributed by atoms with van der Waals surface area (Å²) in [7, 11) is 0. The van der Waals surface area contributed by atoms with E-state index in [0.717, 1.165) is 38.8 Å². The van der Waals surface area contributed by atoms with E-state index in [2.05, 4.69) is 50.9 Å². The molecule has 0 radical (unpaired) electrons. The molecule has 0 aliphatic heterocycles. The van der Waals surface area contributed by atoms with Gasteiger partial charge in [0.15, 0.2) is 0 Å². The van der Waals surface area contributed by atoms with Gasteiger partial charge >= 0.3 is 21.1 Å². The normalized spacial score (nSPS) is 11.2. The number of ether oxygens (including phenoxy) is 1. The van der Waals surface area contributed by atoms with Gasteiger partial charge in [-0.3, -0.25) is 0 Å². The topological polar surface area (TPSA) is 39.9 Å². The minimum Gasteiger partial charge on any atom is -0.460 e. The van der Waals surface area contributed by atoms with Gasteiger partial charge in [-0.25, -0.2) is 21.1 Å². The number of rotatable bonds is 4. The van der Waals surface area contributed by atoms with Crippen LogP contribution in [0.15, 0.2) is 103 Å². The van der Waals surface area contributed by atoms with Gasteiger partial charge in [0.2, 0.25) is 5.88 Å². The van der Waals surface area contributed by atoms with E-state index in [0.29, 0.717) is 17.7 Å². The fraction of sp³-hybridized carbons (Fsp3) is 0. The standard InChI is InChI=1S/C28H17N3O.Pt/c1-2-11-25-23(10-1)24-15-14-21(19-26(24)31(25)27-12-3-5-16-29-27)20-8-7-9-22(18-20)32-28-13-4-6-17-30-28;/h1-17H;/q-2;+2/i5D;. The summed E-state index contributed by atoms with van der Waals surface area (Å²) in [5.74, 6) is 1.86. The second kappa shape index (κ2) is 9.01. The van der Waals surface area contributed by atoms with Crippen molar-refractivity contribution >= 4 is 21.8 Å². The maximum Gasteiger partial charge on any atom is 2.00 e. The third-order valence-electron chi connectivity index (χ3n) is 5.32. The molecule has 0 fully saturated rings. The SMILES string of the molecule is [2H]c1ccc(-n2c3[c-]c(-c4[c-]c(Oc5ccccn5)ccc4)ccc3c3ccccc32)nc1.[Pt+2]. The van der Waals surface area contributed by atoms with Gasteiger partial charge in [0.1, 0.15) is 5.82 Å². The average Bonchev–Trinajstić information content (AvgIpc) is 3.19. The number of pyridine rings is 2. The van der Waals surface area contributed by atoms with E-state index < -0.39 is 0 Å². The van der Waals surface area contributed by atoms with Gasteiger partial charge in [0, 0.05) is 29.7 Å². The molecule has 3 aromatic carbocycles. The molecule has 0 spiro atoms. The molecular formula is C28H17N3OPt. The number of nitrogens with zero attached hydrogens (tertiary/aromatic N) is 3. The summed E-state index contributed by atoms with van der Waals surface area (Å²) in [6, 6.07) is 34.6. The van der Waals surface area contributed by atoms with Crippen molar-refractivity contribution in [3.63, 3.8) is 0 Å². The van der Waals surface area contributed by atoms with Crippen LogP contribution in [0, 0.1) is 12.1 Å². The first-order valence-electron chi connectivity index (χ1n) is 10.8. The second-order valence-electron chi connectivity index (χ2n) is 7.30. The van der Waals surface area contributed by atoms with Gasteiger partial charge in [0.05, 0.1) is 1.37 Å². The van der Waals surface area contributed by atoms with Crippen molar-refractivity contribution in [2.75, 3.05) is 0 Å². The summed E-state index contributed by atoms with van der Waals surface area (Å²) in [5, 5.41) is 2.22. The smallest absolute Gasteiger partial charge is 0.460 e. The fourth-order valence-corrected chi connectivity index (χ4v) is 3.92. The van der Waals surface area contributed by atoms with Crippen LogP contribution in [0.4, 0.5) is 0 Å². The average molecular weight is 608 g/mol. The molecule has 0 N–H and O–H groups in total. The molecule has 33 heavy (non-hydrogen) atoms. The predicted molar refractivity (Wildman–Crippen MR) is 126 cm³/mol. The zero-order chi connectivity index (χ0) is 22.2. The van der Waals surface area contributed by atoms with Crippen molar-refractivity contribution in [3.8, 4) is 28.6 Å². The van der Waals surface area contributed by atoms with Crippen molar-refractivity contribution in [2.24, 2.45) is 0 Å². The van der Waals surface area contributed by atoms with Crippen LogP contribution in [0.25, 0.3) is 38.8 Å². The van der Waals surface area contributed by atoms with Crippen molar-refractivity contribution in [1.82, 2.24) is 14.5 Å². The van der Waals surface area contributed by atoms with Crippen LogP contribution in [0.5, 0.6) is 11.6 Å². The van der Waals surface area contributed by atoms with Crippen molar-refractivity contribution < 1.29 is 27.2 Å². The minimum absolute atomic E-state index is 0. The summed E-state index contributed by atoms with van der Waals surface area (Å²) < 4.78 is 15.7. The van der Waals surface area contributed by atoms with E-state index in [9.17, 15) is 0 Å². The Kier molecular flexibility index (Phi) is 5.43. The monoisotopic (exact) mass is 607 g/mol. The van der Waals surface area contributed by atoms with Crippen LogP contribution in [-0.4, -0.2) is 14.5 Å². The van der Waals surface area contributed by atoms with Crippen molar-refractivity contribution in [2.45, 2.75) is 0 Å². The van der Waals surface area contributed by atoms with E-state index >= 15 is 0 Å². The molecule has 5 heteroatoms. The molecule has 160 valence electrons. The van der Waals surface area contributed by atoms with Gasteiger partial charge in [0.25, 0.3) is 0 Å². The summed E-state index contributed by atoms with van der Waals surface area (Å²) in [6.07, 6.45) is 3.26. The second-order valence-corrected chi connectivity index (χ2v) is 7.30. The third-order valence-corrected chi connectivity index (χ3v) is 5.32. The molecule has 0 saturated carbocycles. The summed E-state index contributed by atoms with van der Waals surface area (Å²) >= 11 is 0. The van der Waals surface area contributed by atoms with E-state index in [1.165, 1.54) is 0 Å². The Morgan fingerprint density at radius 1 is 0.727 bits per heavy atom. The summed E-state index contributed by atoms with van der Waals surface area (Å²) in [6.45, 7) is 0. The molecule has 0 bridgehead atoms. The number of benzene rings is 3. The zero-order valence-electron chi connectivity index (χ0n) is 18.3. The van der Waals surface area contributed by atoms with Crippen LogP contribution in [0.3, 0.4) is 0 Å². The fourth-order valence-electron chi connectivity index (χ4n) is 3.92. The molecular weight excluding hydrogens is 589 g/mol. The molecule has 0 unspecified atom stereocenters. The maximum atomic E-state index is 7.79. The first kappa shape index (κ1) is 19.9. The minimum atomic E-state index is 0. The van der Waals surface area contributed by atoms with Crippen molar-refractivity contribution in [1.29, 1.82) is 0 Å². The molecule has 0 aliphatic carbocycles. The van der Waals surface area contributed by atoms with Crippen molar-refractivity contribution in [3.05, 3.63) is 115 Å². The van der Waals surface area contributed by atoms with Crippen LogP contribution in [-0.2, 0) is 21.1 Å². The van der Waals surface area contributed by atoms with Crippen LogP contribution in [0.1, 0.15) is 1.37 Å². The van der Waals surface area contributed by atoms with E-state index in [1.807, 2.05) is 54.6 Å². The predicted octanol–water partition coefficient (Wildman–Crippen LogP) is 6.63. The largest absolute Gasteiger partial charge is 2.00 e. The number of fused-ring (bicyclic) bond motifs is 3. The third kappa shape index (κ3) is 3.94. The van der Waals surface area contributed by atoms with E-state index in [4.69, 9.17) is 6.11 Å². The van der Waals surface area contributed by atoms with Crippen LogP contribution >= 0.6 is 0 Å². The summed E-state index contributed by atoms with van der Waals surface area (Å²) in [5.41, 5.74) is 3.73. The molecule has 6 rings (SSSR count). The van der Waals surface area contributed by atoms with E-state index in [-0.39, 0.29) is 21.1 Å². The molecule has 3 heterocycles. The maximum absolute atomic E-state index is 7.79. The van der Waals surface area contributed by atoms with Gasteiger partial charge < -0.3 is 9.30 Å². The molecule has 0 saturated heterocycles. The quantitative estimate of drug-likeness (QED) is 0.211. The Labute approximate surface area is 207 Å². The Morgan fingerprint density at radius 3 is 2.45 bits per heavy atom. The van der Waals surface area contributed by atoms with Gasteiger partial charge in [-0.05, 0) is 35.1 Å². The first-order chi connectivity index (χ1) is 16.3. The molecule has 4 nitrogen and oxygen atoms in total. The van der Waals surface area contributed by atoms with Gasteiger partial charge in [-0.2, -0.15) is 24.3 Å². The molecule has 3 aromatic heterocycles. The molecule has 0 amide bonds. The molecule has 6 aromatic rings. The number of para-hydroxylation sites is 1. The first-order valence-corrected chi connectivity index (χ1v) is 10.3.